The molecule has 22 heavy (non-hydrogen) atoms. The van der Waals surface area contributed by atoms with E-state index in [2.05, 4.69) is 5.32 Å². The molecule has 0 bridgehead atoms. The standard InChI is InChI=1S/C15H13ClFNO4/c1-9(19)18-7-11-3-5-15(22-11)13(20)8-21-14-4-2-10(17)6-12(14)16/h2-6H,7-8H2,1H3,(H,18,19). The van der Waals surface area contributed by atoms with Crippen LogP contribution < -0.4 is 10.1 Å². The van der Waals surface area contributed by atoms with E-state index in [-0.39, 0.29) is 35.6 Å². The molecule has 0 fully saturated rings. The molecule has 0 saturated heterocycles. The maximum absolute atomic E-state index is 12.9. The predicted molar refractivity (Wildman–Crippen MR) is 77.5 cm³/mol. The minimum atomic E-state index is -0.489. The number of rotatable bonds is 6. The van der Waals surface area contributed by atoms with Crippen LogP contribution in [0.3, 0.4) is 0 Å². The Labute approximate surface area is 131 Å². The number of halogens is 2. The summed E-state index contributed by atoms with van der Waals surface area (Å²) in [6, 6.07) is 6.71. The molecule has 0 aliphatic heterocycles. The van der Waals surface area contributed by atoms with Crippen LogP contribution in [0.5, 0.6) is 5.75 Å². The van der Waals surface area contributed by atoms with Crippen molar-refractivity contribution in [2.24, 2.45) is 0 Å². The number of amides is 1. The van der Waals surface area contributed by atoms with Gasteiger partial charge in [0.25, 0.3) is 0 Å². The van der Waals surface area contributed by atoms with Crippen molar-refractivity contribution in [3.8, 4) is 5.75 Å². The van der Waals surface area contributed by atoms with E-state index in [1.807, 2.05) is 0 Å². The van der Waals surface area contributed by atoms with E-state index in [0.717, 1.165) is 6.07 Å². The second-order valence-electron chi connectivity index (χ2n) is 4.46. The zero-order chi connectivity index (χ0) is 16.1. The monoisotopic (exact) mass is 325 g/mol. The van der Waals surface area contributed by atoms with E-state index in [9.17, 15) is 14.0 Å². The molecule has 7 heteroatoms. The SMILES string of the molecule is CC(=O)NCc1ccc(C(=O)COc2ccc(F)cc2Cl)o1. The number of Topliss-reactive ketones (excluding diaryl/α,β-unsaturated/α-hetero) is 1. The van der Waals surface area contributed by atoms with Crippen molar-refractivity contribution in [3.05, 3.63) is 52.7 Å². The second-order valence-corrected chi connectivity index (χ2v) is 4.87. The summed E-state index contributed by atoms with van der Waals surface area (Å²) in [5.74, 6) is -0.302. The summed E-state index contributed by atoms with van der Waals surface area (Å²) in [6.07, 6.45) is 0. The lowest BCUT2D eigenvalue weighted by Crippen LogP contribution is -2.18. The molecule has 1 aromatic heterocycles. The average molecular weight is 326 g/mol. The fourth-order valence-corrected chi connectivity index (χ4v) is 1.86. The minimum absolute atomic E-state index is 0.0820. The van der Waals surface area contributed by atoms with Gasteiger partial charge in [0.1, 0.15) is 17.3 Å². The third-order valence-electron chi connectivity index (χ3n) is 2.70. The number of hydrogen-bond acceptors (Lipinski definition) is 4. The topological polar surface area (TPSA) is 68.5 Å². The molecule has 0 unspecified atom stereocenters. The van der Waals surface area contributed by atoms with Gasteiger partial charge in [-0.15, -0.1) is 0 Å². The molecule has 0 aliphatic rings. The van der Waals surface area contributed by atoms with Crippen molar-refractivity contribution in [1.29, 1.82) is 0 Å². The molecule has 116 valence electrons. The van der Waals surface area contributed by atoms with Gasteiger partial charge in [0.05, 0.1) is 11.6 Å². The van der Waals surface area contributed by atoms with Crippen LogP contribution in [-0.2, 0) is 11.3 Å². The summed E-state index contributed by atoms with van der Waals surface area (Å²) in [5.41, 5.74) is 0. The lowest BCUT2D eigenvalue weighted by atomic mass is 10.3. The summed E-state index contributed by atoms with van der Waals surface area (Å²) in [6.45, 7) is 1.29. The van der Waals surface area contributed by atoms with Crippen LogP contribution in [0, 0.1) is 5.82 Å². The Hall–Kier alpha value is -2.34. The molecule has 2 rings (SSSR count). The molecule has 5 nitrogen and oxygen atoms in total. The van der Waals surface area contributed by atoms with Crippen LogP contribution in [0.2, 0.25) is 5.02 Å². The number of ether oxygens (including phenoxy) is 1. The average Bonchev–Trinajstić information content (AvgIpc) is 2.93. The summed E-state index contributed by atoms with van der Waals surface area (Å²) < 4.78 is 23.4. The zero-order valence-electron chi connectivity index (χ0n) is 11.7. The Morgan fingerprint density at radius 2 is 2.09 bits per heavy atom. The molecule has 1 amide bonds. The highest BCUT2D eigenvalue weighted by Gasteiger charge is 2.13. The fraction of sp³-hybridized carbons (Fsp3) is 0.200. The summed E-state index contributed by atoms with van der Waals surface area (Å²) in [7, 11) is 0. The van der Waals surface area contributed by atoms with Crippen LogP contribution in [0.1, 0.15) is 23.2 Å². The Kier molecular flexibility index (Phi) is 5.16. The first-order valence-electron chi connectivity index (χ1n) is 6.40. The first kappa shape index (κ1) is 16.0. The van der Waals surface area contributed by atoms with E-state index in [4.69, 9.17) is 20.8 Å². The van der Waals surface area contributed by atoms with Gasteiger partial charge < -0.3 is 14.5 Å². The van der Waals surface area contributed by atoms with Gasteiger partial charge in [-0.2, -0.15) is 0 Å². The van der Waals surface area contributed by atoms with Crippen molar-refractivity contribution < 1.29 is 23.1 Å². The lowest BCUT2D eigenvalue weighted by Gasteiger charge is -2.06. The van der Waals surface area contributed by atoms with Crippen molar-refractivity contribution in [3.63, 3.8) is 0 Å². The number of nitrogens with one attached hydrogen (secondary N) is 1. The van der Waals surface area contributed by atoms with Crippen LogP contribution in [0.25, 0.3) is 0 Å². The van der Waals surface area contributed by atoms with Crippen LogP contribution in [0.15, 0.2) is 34.7 Å². The summed E-state index contributed by atoms with van der Waals surface area (Å²) in [5, 5.41) is 2.64. The van der Waals surface area contributed by atoms with E-state index in [0.29, 0.717) is 5.76 Å². The van der Waals surface area contributed by atoms with Gasteiger partial charge in [0.2, 0.25) is 11.7 Å². The van der Waals surface area contributed by atoms with Gasteiger partial charge in [-0.05, 0) is 30.3 Å². The Morgan fingerprint density at radius 1 is 1.32 bits per heavy atom. The largest absolute Gasteiger partial charge is 0.484 e. The van der Waals surface area contributed by atoms with Crippen LogP contribution in [0.4, 0.5) is 4.39 Å². The van der Waals surface area contributed by atoms with Crippen molar-refractivity contribution in [2.75, 3.05) is 6.61 Å². The summed E-state index contributed by atoms with van der Waals surface area (Å²) >= 11 is 5.79. The van der Waals surface area contributed by atoms with Gasteiger partial charge in [-0.25, -0.2) is 4.39 Å². The molecule has 2 aromatic rings. The number of carbonyl (C=O) groups excluding carboxylic acids is 2. The zero-order valence-corrected chi connectivity index (χ0v) is 12.4. The maximum atomic E-state index is 12.9. The quantitative estimate of drug-likeness (QED) is 0.829. The van der Waals surface area contributed by atoms with Crippen molar-refractivity contribution >= 4 is 23.3 Å². The Balaban J connectivity index is 1.93. The highest BCUT2D eigenvalue weighted by Crippen LogP contribution is 2.25. The molecule has 0 spiro atoms. The van der Waals surface area contributed by atoms with Crippen LogP contribution >= 0.6 is 11.6 Å². The lowest BCUT2D eigenvalue weighted by molar-refractivity contribution is -0.119. The van der Waals surface area contributed by atoms with Gasteiger partial charge in [0.15, 0.2) is 12.4 Å². The molecule has 0 atom stereocenters. The van der Waals surface area contributed by atoms with E-state index in [1.54, 1.807) is 6.07 Å². The molecular weight excluding hydrogens is 313 g/mol. The normalized spacial score (nSPS) is 10.3. The Bertz CT molecular complexity index is 699. The van der Waals surface area contributed by atoms with Crippen molar-refractivity contribution in [2.45, 2.75) is 13.5 Å². The second kappa shape index (κ2) is 7.09. The highest BCUT2D eigenvalue weighted by molar-refractivity contribution is 6.32. The molecule has 1 heterocycles. The number of carbonyl (C=O) groups is 2. The molecule has 0 saturated carbocycles. The van der Waals surface area contributed by atoms with E-state index in [1.165, 1.54) is 25.1 Å². The molecule has 1 aromatic carbocycles. The van der Waals surface area contributed by atoms with E-state index < -0.39 is 11.6 Å². The van der Waals surface area contributed by atoms with Crippen LogP contribution in [-0.4, -0.2) is 18.3 Å². The molecule has 0 aliphatic carbocycles. The maximum Gasteiger partial charge on any atom is 0.235 e. The number of hydrogen-bond donors (Lipinski definition) is 1. The van der Waals surface area contributed by atoms with Gasteiger partial charge in [-0.3, -0.25) is 9.59 Å². The van der Waals surface area contributed by atoms with Crippen molar-refractivity contribution in [1.82, 2.24) is 5.32 Å². The predicted octanol–water partition coefficient (Wildman–Crippen LogP) is 2.97. The number of furan rings is 1. The third kappa shape index (κ3) is 4.33. The van der Waals surface area contributed by atoms with Gasteiger partial charge in [-0.1, -0.05) is 11.6 Å². The first-order valence-corrected chi connectivity index (χ1v) is 6.77. The smallest absolute Gasteiger partial charge is 0.235 e. The summed E-state index contributed by atoms with van der Waals surface area (Å²) in [4.78, 5) is 22.7. The molecule has 0 radical (unpaired) electrons. The number of benzene rings is 1. The van der Waals surface area contributed by atoms with E-state index >= 15 is 0 Å². The number of ketones is 1. The van der Waals surface area contributed by atoms with Gasteiger partial charge >= 0.3 is 0 Å². The molecular formula is C15H13ClFNO4. The van der Waals surface area contributed by atoms with Gasteiger partial charge in [0, 0.05) is 6.92 Å². The third-order valence-corrected chi connectivity index (χ3v) is 3.00. The first-order chi connectivity index (χ1) is 10.5. The fourth-order valence-electron chi connectivity index (χ4n) is 1.64. The Morgan fingerprint density at radius 3 is 2.77 bits per heavy atom. The minimum Gasteiger partial charge on any atom is -0.484 e. The molecule has 1 N–H and O–H groups in total. The highest BCUT2D eigenvalue weighted by atomic mass is 35.5.